The van der Waals surface area contributed by atoms with E-state index in [4.69, 9.17) is 23.2 Å². The summed E-state index contributed by atoms with van der Waals surface area (Å²) in [6.45, 7) is 5.09. The summed E-state index contributed by atoms with van der Waals surface area (Å²) in [4.78, 5) is 3.87. The first-order chi connectivity index (χ1) is 6.11. The molecule has 0 atom stereocenters. The normalized spacial score (nSPS) is 10.5. The summed E-state index contributed by atoms with van der Waals surface area (Å²) < 4.78 is 0. The molecule has 1 aromatic rings. The fourth-order valence-corrected chi connectivity index (χ4v) is 1.38. The van der Waals surface area contributed by atoms with Gasteiger partial charge in [-0.2, -0.15) is 0 Å². The van der Waals surface area contributed by atoms with E-state index in [1.54, 1.807) is 12.4 Å². The lowest BCUT2D eigenvalue weighted by molar-refractivity contribution is 0.689. The Balaban J connectivity index is 2.75. The number of nitrogens with zero attached hydrogens (tertiary/aromatic N) is 1. The van der Waals surface area contributed by atoms with E-state index >= 15 is 0 Å². The molecule has 1 N–H and O–H groups in total. The zero-order valence-corrected chi connectivity index (χ0v) is 9.15. The van der Waals surface area contributed by atoms with Crippen LogP contribution in [0.3, 0.4) is 0 Å². The number of halogens is 2. The lowest BCUT2D eigenvalue weighted by atomic mass is 10.2. The maximum atomic E-state index is 5.90. The highest BCUT2D eigenvalue weighted by Gasteiger charge is 2.05. The fraction of sp³-hybridized carbons (Fsp3) is 0.444. The van der Waals surface area contributed by atoms with Gasteiger partial charge in [-0.15, -0.1) is 0 Å². The highest BCUT2D eigenvalue weighted by molar-refractivity contribution is 6.38. The van der Waals surface area contributed by atoms with Gasteiger partial charge in [0, 0.05) is 18.9 Å². The summed E-state index contributed by atoms with van der Waals surface area (Å²) >= 11 is 11.8. The van der Waals surface area contributed by atoms with Crippen molar-refractivity contribution in [2.45, 2.75) is 13.8 Å². The predicted octanol–water partition coefficient (Wildman–Crippen LogP) is 3.46. The third kappa shape index (κ3) is 3.05. The second-order valence-electron chi connectivity index (χ2n) is 3.25. The van der Waals surface area contributed by atoms with Crippen molar-refractivity contribution in [2.75, 3.05) is 11.9 Å². The lowest BCUT2D eigenvalue weighted by Gasteiger charge is -2.11. The molecule has 0 aliphatic rings. The van der Waals surface area contributed by atoms with Gasteiger partial charge in [-0.3, -0.25) is 4.98 Å². The summed E-state index contributed by atoms with van der Waals surface area (Å²) in [6.07, 6.45) is 3.16. The van der Waals surface area contributed by atoms with Crippen molar-refractivity contribution in [3.05, 3.63) is 22.4 Å². The van der Waals surface area contributed by atoms with E-state index in [2.05, 4.69) is 24.1 Å². The quantitative estimate of drug-likeness (QED) is 0.841. The molecule has 0 fully saturated rings. The van der Waals surface area contributed by atoms with Crippen molar-refractivity contribution in [3.63, 3.8) is 0 Å². The first-order valence-corrected chi connectivity index (χ1v) is 4.89. The van der Waals surface area contributed by atoms with Crippen LogP contribution in [0.1, 0.15) is 13.8 Å². The molecule has 0 radical (unpaired) electrons. The van der Waals surface area contributed by atoms with Gasteiger partial charge in [0.1, 0.15) is 0 Å². The molecule has 72 valence electrons. The van der Waals surface area contributed by atoms with E-state index < -0.39 is 0 Å². The van der Waals surface area contributed by atoms with E-state index in [9.17, 15) is 0 Å². The molecule has 0 saturated carbocycles. The summed E-state index contributed by atoms with van der Waals surface area (Å²) in [6, 6.07) is 0. The number of anilines is 1. The topological polar surface area (TPSA) is 24.9 Å². The minimum atomic E-state index is 0.556. The molecule has 1 aromatic heterocycles. The second-order valence-corrected chi connectivity index (χ2v) is 4.07. The first-order valence-electron chi connectivity index (χ1n) is 4.14. The van der Waals surface area contributed by atoms with Crippen molar-refractivity contribution < 1.29 is 0 Å². The third-order valence-corrected chi connectivity index (χ3v) is 2.11. The van der Waals surface area contributed by atoms with E-state index in [0.717, 1.165) is 12.2 Å². The third-order valence-electron chi connectivity index (χ3n) is 1.54. The smallest absolute Gasteiger partial charge is 0.0836 e. The Hall–Kier alpha value is -0.470. The molecule has 0 spiro atoms. The number of aromatic nitrogens is 1. The zero-order valence-electron chi connectivity index (χ0n) is 7.64. The second kappa shape index (κ2) is 4.68. The van der Waals surface area contributed by atoms with Crippen molar-refractivity contribution in [3.8, 4) is 0 Å². The Labute approximate surface area is 88.3 Å². The van der Waals surface area contributed by atoms with Gasteiger partial charge in [-0.05, 0) is 5.92 Å². The van der Waals surface area contributed by atoms with Gasteiger partial charge in [0.2, 0.25) is 0 Å². The number of nitrogens with one attached hydrogen (secondary N) is 1. The summed E-state index contributed by atoms with van der Waals surface area (Å²) in [7, 11) is 0. The van der Waals surface area contributed by atoms with Gasteiger partial charge >= 0.3 is 0 Å². The van der Waals surface area contributed by atoms with Crippen LogP contribution in [0, 0.1) is 5.92 Å². The van der Waals surface area contributed by atoms with Crippen LogP contribution in [0.5, 0.6) is 0 Å². The number of hydrogen-bond donors (Lipinski definition) is 1. The van der Waals surface area contributed by atoms with Crippen LogP contribution in [-0.2, 0) is 0 Å². The molecule has 13 heavy (non-hydrogen) atoms. The highest BCUT2D eigenvalue weighted by atomic mass is 35.5. The van der Waals surface area contributed by atoms with Crippen LogP contribution in [0.15, 0.2) is 12.4 Å². The van der Waals surface area contributed by atoms with Crippen molar-refractivity contribution in [2.24, 2.45) is 5.92 Å². The van der Waals surface area contributed by atoms with E-state index in [0.29, 0.717) is 16.0 Å². The minimum absolute atomic E-state index is 0.556. The Morgan fingerprint density at radius 2 is 1.85 bits per heavy atom. The molecular weight excluding hydrogens is 207 g/mol. The number of hydrogen-bond acceptors (Lipinski definition) is 2. The average molecular weight is 219 g/mol. The molecule has 1 rings (SSSR count). The standard InChI is InChI=1S/C9H12Cl2N2/c1-6(2)3-13-9-7(10)4-12-5-8(9)11/h4-6H,3H2,1-2H3,(H,12,13). The molecule has 0 aliphatic heterocycles. The first kappa shape index (κ1) is 10.6. The number of pyridine rings is 1. The average Bonchev–Trinajstić information content (AvgIpc) is 2.03. The zero-order chi connectivity index (χ0) is 9.84. The molecule has 0 aliphatic carbocycles. The Morgan fingerprint density at radius 3 is 2.31 bits per heavy atom. The molecule has 2 nitrogen and oxygen atoms in total. The van der Waals surface area contributed by atoms with Crippen molar-refractivity contribution in [1.29, 1.82) is 0 Å². The Kier molecular flexibility index (Phi) is 3.82. The van der Waals surface area contributed by atoms with Crippen molar-refractivity contribution >= 4 is 28.9 Å². The van der Waals surface area contributed by atoms with Crippen LogP contribution >= 0.6 is 23.2 Å². The van der Waals surface area contributed by atoms with Crippen LogP contribution in [0.25, 0.3) is 0 Å². The molecule has 0 unspecified atom stereocenters. The Bertz CT molecular complexity index is 267. The van der Waals surface area contributed by atoms with E-state index in [1.165, 1.54) is 0 Å². The molecule has 0 saturated heterocycles. The van der Waals surface area contributed by atoms with Gasteiger partial charge in [0.05, 0.1) is 15.7 Å². The largest absolute Gasteiger partial charge is 0.382 e. The molecular formula is C9H12Cl2N2. The molecule has 0 aromatic carbocycles. The van der Waals surface area contributed by atoms with Gasteiger partial charge in [-0.25, -0.2) is 0 Å². The van der Waals surface area contributed by atoms with Gasteiger partial charge < -0.3 is 5.32 Å². The van der Waals surface area contributed by atoms with Gasteiger partial charge in [-0.1, -0.05) is 37.0 Å². The maximum Gasteiger partial charge on any atom is 0.0836 e. The van der Waals surface area contributed by atoms with Crippen LogP contribution in [-0.4, -0.2) is 11.5 Å². The van der Waals surface area contributed by atoms with Gasteiger partial charge in [0.15, 0.2) is 0 Å². The summed E-state index contributed by atoms with van der Waals surface area (Å²) in [5.41, 5.74) is 0.770. The fourth-order valence-electron chi connectivity index (χ4n) is 0.886. The maximum absolute atomic E-state index is 5.90. The SMILES string of the molecule is CC(C)CNc1c(Cl)cncc1Cl. The summed E-state index contributed by atoms with van der Waals surface area (Å²) in [5, 5.41) is 4.30. The molecule has 0 amide bonds. The van der Waals surface area contributed by atoms with Crippen LogP contribution < -0.4 is 5.32 Å². The van der Waals surface area contributed by atoms with Crippen molar-refractivity contribution in [1.82, 2.24) is 4.98 Å². The van der Waals surface area contributed by atoms with E-state index in [-0.39, 0.29) is 0 Å². The van der Waals surface area contributed by atoms with Gasteiger partial charge in [0.25, 0.3) is 0 Å². The van der Waals surface area contributed by atoms with Crippen LogP contribution in [0.2, 0.25) is 10.0 Å². The summed E-state index contributed by atoms with van der Waals surface area (Å²) in [5.74, 6) is 0.556. The molecule has 4 heteroatoms. The minimum Gasteiger partial charge on any atom is -0.382 e. The van der Waals surface area contributed by atoms with Crippen LogP contribution in [0.4, 0.5) is 5.69 Å². The monoisotopic (exact) mass is 218 g/mol. The lowest BCUT2D eigenvalue weighted by Crippen LogP contribution is -2.08. The highest BCUT2D eigenvalue weighted by Crippen LogP contribution is 2.28. The number of rotatable bonds is 3. The molecule has 1 heterocycles. The Morgan fingerprint density at radius 1 is 1.31 bits per heavy atom. The molecule has 0 bridgehead atoms. The van der Waals surface area contributed by atoms with E-state index in [1.807, 2.05) is 0 Å². The predicted molar refractivity (Wildman–Crippen MR) is 57.6 cm³/mol.